The summed E-state index contributed by atoms with van der Waals surface area (Å²) in [5.74, 6) is 2.55. The van der Waals surface area contributed by atoms with Crippen molar-refractivity contribution in [1.82, 2.24) is 14.9 Å². The smallest absolute Gasteiger partial charge is 0.453 e. The number of hydrogen-bond donors (Lipinski definition) is 2. The Morgan fingerprint density at radius 1 is 1.56 bits per heavy atom. The molecule has 0 radical (unpaired) electrons. The van der Waals surface area contributed by atoms with Gasteiger partial charge in [0.2, 0.25) is 5.16 Å². The van der Waals surface area contributed by atoms with Crippen molar-refractivity contribution in [3.8, 4) is 0 Å². The normalized spacial score (nSPS) is 13.8. The topological polar surface area (TPSA) is 94.0 Å². The maximum Gasteiger partial charge on any atom is 0.453 e. The summed E-state index contributed by atoms with van der Waals surface area (Å²) in [7, 11) is 0. The van der Waals surface area contributed by atoms with Crippen molar-refractivity contribution in [1.29, 1.82) is 0 Å². The van der Waals surface area contributed by atoms with Gasteiger partial charge in [0.1, 0.15) is 5.25 Å². The van der Waals surface area contributed by atoms with Gasteiger partial charge >= 0.3 is 12.1 Å². The van der Waals surface area contributed by atoms with Crippen LogP contribution in [-0.2, 0) is 11.0 Å². The van der Waals surface area contributed by atoms with E-state index in [-0.39, 0.29) is 9.83 Å². The zero-order chi connectivity index (χ0) is 12.5. The van der Waals surface area contributed by atoms with E-state index in [4.69, 9.17) is 10.9 Å². The van der Waals surface area contributed by atoms with Crippen molar-refractivity contribution in [2.24, 2.45) is 0 Å². The predicted octanol–water partition coefficient (Wildman–Crippen LogP) is 0.576. The Labute approximate surface area is 91.6 Å². The van der Waals surface area contributed by atoms with E-state index in [0.29, 0.717) is 11.8 Å². The minimum absolute atomic E-state index is 0.226. The molecule has 16 heavy (non-hydrogen) atoms. The number of rotatable bonds is 3. The summed E-state index contributed by atoms with van der Waals surface area (Å²) in [4.78, 5) is 10.5. The van der Waals surface area contributed by atoms with E-state index in [9.17, 15) is 18.0 Å². The number of hydrogen-bond acceptors (Lipinski definition) is 5. The summed E-state index contributed by atoms with van der Waals surface area (Å²) < 4.78 is 36.9. The Bertz CT molecular complexity index is 405. The van der Waals surface area contributed by atoms with E-state index >= 15 is 0 Å². The first-order chi connectivity index (χ1) is 7.23. The van der Waals surface area contributed by atoms with Crippen LogP contribution in [-0.4, -0.2) is 31.2 Å². The van der Waals surface area contributed by atoms with Crippen LogP contribution < -0.4 is 5.84 Å². The minimum Gasteiger partial charge on any atom is -0.480 e. The summed E-state index contributed by atoms with van der Waals surface area (Å²) in [6.45, 7) is 1.30. The number of alkyl halides is 3. The molecule has 0 fully saturated rings. The molecule has 0 bridgehead atoms. The number of thioether (sulfide) groups is 1. The number of halogens is 3. The van der Waals surface area contributed by atoms with E-state index < -0.39 is 23.2 Å². The van der Waals surface area contributed by atoms with E-state index in [1.54, 1.807) is 0 Å². The SMILES string of the molecule is CC(Sc1nnc(C(F)(F)F)n1N)C(=O)O. The number of nitrogen functional groups attached to an aromatic ring is 1. The Morgan fingerprint density at radius 3 is 2.50 bits per heavy atom. The van der Waals surface area contributed by atoms with Gasteiger partial charge in [-0.15, -0.1) is 10.2 Å². The van der Waals surface area contributed by atoms with Gasteiger partial charge in [-0.2, -0.15) is 13.2 Å². The molecule has 1 aromatic heterocycles. The van der Waals surface area contributed by atoms with Crippen LogP contribution >= 0.6 is 11.8 Å². The van der Waals surface area contributed by atoms with Gasteiger partial charge < -0.3 is 10.9 Å². The van der Waals surface area contributed by atoms with Gasteiger partial charge in [-0.05, 0) is 6.92 Å². The summed E-state index contributed by atoms with van der Waals surface area (Å²) in [6, 6.07) is 0. The van der Waals surface area contributed by atoms with Gasteiger partial charge in [-0.1, -0.05) is 11.8 Å². The molecular formula is C6H7F3N4O2S. The molecule has 10 heteroatoms. The van der Waals surface area contributed by atoms with Crippen LogP contribution in [0.1, 0.15) is 12.7 Å². The molecule has 0 saturated heterocycles. The third kappa shape index (κ3) is 2.56. The van der Waals surface area contributed by atoms with Crippen LogP contribution in [0.4, 0.5) is 13.2 Å². The molecule has 0 amide bonds. The van der Waals surface area contributed by atoms with E-state index in [1.165, 1.54) is 6.92 Å². The standard InChI is InChI=1S/C6H7F3N4O2S/c1-2(3(14)15)16-5-12-11-4(13(5)10)6(7,8)9/h2H,10H2,1H3,(H,14,15). The fourth-order valence-electron chi connectivity index (χ4n) is 0.759. The third-order valence-electron chi connectivity index (χ3n) is 1.55. The molecule has 1 aromatic rings. The Hall–Kier alpha value is -1.45. The number of aromatic nitrogens is 3. The molecule has 0 spiro atoms. The van der Waals surface area contributed by atoms with Crippen molar-refractivity contribution in [2.75, 3.05) is 5.84 Å². The lowest BCUT2D eigenvalue weighted by molar-refractivity contribution is -0.146. The molecule has 90 valence electrons. The van der Waals surface area contributed by atoms with Crippen molar-refractivity contribution in [3.63, 3.8) is 0 Å². The van der Waals surface area contributed by atoms with E-state index in [2.05, 4.69) is 10.2 Å². The molecule has 3 N–H and O–H groups in total. The summed E-state index contributed by atoms with van der Waals surface area (Å²) in [5.41, 5.74) is 0. The number of carbonyl (C=O) groups is 1. The monoisotopic (exact) mass is 256 g/mol. The van der Waals surface area contributed by atoms with E-state index in [1.807, 2.05) is 0 Å². The van der Waals surface area contributed by atoms with Gasteiger partial charge in [0, 0.05) is 0 Å². The highest BCUT2D eigenvalue weighted by atomic mass is 32.2. The first-order valence-electron chi connectivity index (χ1n) is 3.90. The van der Waals surface area contributed by atoms with Crippen molar-refractivity contribution < 1.29 is 23.1 Å². The molecular weight excluding hydrogens is 249 g/mol. The molecule has 1 atom stereocenters. The van der Waals surface area contributed by atoms with Gasteiger partial charge in [-0.3, -0.25) is 4.79 Å². The van der Waals surface area contributed by atoms with Gasteiger partial charge in [0.25, 0.3) is 5.82 Å². The Balaban J connectivity index is 2.93. The number of nitrogens with two attached hydrogens (primary N) is 1. The second-order valence-corrected chi connectivity index (χ2v) is 4.08. The highest BCUT2D eigenvalue weighted by Crippen LogP contribution is 2.29. The quantitative estimate of drug-likeness (QED) is 0.606. The van der Waals surface area contributed by atoms with Crippen LogP contribution in [0.3, 0.4) is 0 Å². The van der Waals surface area contributed by atoms with E-state index in [0.717, 1.165) is 0 Å². The molecule has 0 saturated carbocycles. The average Bonchev–Trinajstić information content (AvgIpc) is 2.46. The minimum atomic E-state index is -4.72. The fourth-order valence-corrected chi connectivity index (χ4v) is 1.46. The predicted molar refractivity (Wildman–Crippen MR) is 48.1 cm³/mol. The van der Waals surface area contributed by atoms with Gasteiger partial charge in [0.15, 0.2) is 0 Å². The molecule has 1 unspecified atom stereocenters. The first-order valence-corrected chi connectivity index (χ1v) is 4.78. The number of carboxylic acids is 1. The molecule has 0 aliphatic rings. The van der Waals surface area contributed by atoms with Crippen LogP contribution in [0.5, 0.6) is 0 Å². The summed E-state index contributed by atoms with van der Waals surface area (Å²) >= 11 is 0.580. The van der Waals surface area contributed by atoms with Crippen molar-refractivity contribution >= 4 is 17.7 Å². The van der Waals surface area contributed by atoms with Crippen LogP contribution in [0.15, 0.2) is 5.16 Å². The molecule has 0 aliphatic carbocycles. The molecule has 0 aliphatic heterocycles. The fraction of sp³-hybridized carbons (Fsp3) is 0.500. The summed E-state index contributed by atoms with van der Waals surface area (Å²) in [5, 5.41) is 13.3. The maximum atomic E-state index is 12.2. The zero-order valence-electron chi connectivity index (χ0n) is 7.89. The Kier molecular flexibility index (Phi) is 3.31. The molecule has 6 nitrogen and oxygen atoms in total. The Morgan fingerprint density at radius 2 is 2.12 bits per heavy atom. The van der Waals surface area contributed by atoms with Gasteiger partial charge in [0.05, 0.1) is 0 Å². The average molecular weight is 256 g/mol. The number of nitrogens with zero attached hydrogens (tertiary/aromatic N) is 3. The second-order valence-electron chi connectivity index (χ2n) is 2.77. The van der Waals surface area contributed by atoms with Crippen molar-refractivity contribution in [2.45, 2.75) is 23.5 Å². The lowest BCUT2D eigenvalue weighted by atomic mass is 10.5. The highest BCUT2D eigenvalue weighted by Gasteiger charge is 2.38. The maximum absolute atomic E-state index is 12.2. The third-order valence-corrected chi connectivity index (χ3v) is 2.59. The second kappa shape index (κ2) is 4.20. The zero-order valence-corrected chi connectivity index (χ0v) is 8.71. The lowest BCUT2D eigenvalue weighted by Crippen LogP contribution is -2.22. The lowest BCUT2D eigenvalue weighted by Gasteiger charge is -2.07. The van der Waals surface area contributed by atoms with Crippen LogP contribution in [0, 0.1) is 0 Å². The highest BCUT2D eigenvalue weighted by molar-refractivity contribution is 8.00. The number of carboxylic acid groups (broad SMARTS) is 1. The molecule has 1 rings (SSSR count). The largest absolute Gasteiger partial charge is 0.480 e. The molecule has 0 aromatic carbocycles. The van der Waals surface area contributed by atoms with Gasteiger partial charge in [-0.25, -0.2) is 4.68 Å². The molecule has 1 heterocycles. The summed E-state index contributed by atoms with van der Waals surface area (Å²) in [6.07, 6.45) is -4.72. The first kappa shape index (κ1) is 12.6. The van der Waals surface area contributed by atoms with Crippen molar-refractivity contribution in [3.05, 3.63) is 5.82 Å². The van der Waals surface area contributed by atoms with Crippen LogP contribution in [0.25, 0.3) is 0 Å². The van der Waals surface area contributed by atoms with Crippen LogP contribution in [0.2, 0.25) is 0 Å². The number of aliphatic carboxylic acids is 1.